The highest BCUT2D eigenvalue weighted by Gasteiger charge is 2.04. The first-order valence-electron chi connectivity index (χ1n) is 7.55. The molecule has 0 fully saturated rings. The quantitative estimate of drug-likeness (QED) is 0.830. The van der Waals surface area contributed by atoms with Gasteiger partial charge in [-0.1, -0.05) is 62.4 Å². The number of benzene rings is 2. The highest BCUT2D eigenvalue weighted by molar-refractivity contribution is 5.64. The van der Waals surface area contributed by atoms with Crippen molar-refractivity contribution >= 4 is 0 Å². The van der Waals surface area contributed by atoms with Gasteiger partial charge in [-0.15, -0.1) is 0 Å². The van der Waals surface area contributed by atoms with E-state index < -0.39 is 0 Å². The van der Waals surface area contributed by atoms with Crippen molar-refractivity contribution in [3.8, 4) is 11.1 Å². The third kappa shape index (κ3) is 3.71. The molecule has 2 rings (SSSR count). The van der Waals surface area contributed by atoms with Crippen LogP contribution in [0.25, 0.3) is 11.1 Å². The number of rotatable bonds is 5. The first-order chi connectivity index (χ1) is 9.60. The highest BCUT2D eigenvalue weighted by atomic mass is 14.6. The van der Waals surface area contributed by atoms with Crippen molar-refractivity contribution in [3.05, 3.63) is 59.7 Å². The van der Waals surface area contributed by atoms with E-state index >= 15 is 0 Å². The highest BCUT2D eigenvalue weighted by Crippen LogP contribution is 2.24. The Hall–Kier alpha value is -1.60. The molecule has 0 aliphatic carbocycles. The lowest BCUT2D eigenvalue weighted by atomic mass is 9.95. The van der Waals surface area contributed by atoms with Crippen LogP contribution in [0.1, 0.15) is 44.2 Å². The first-order valence-corrected chi connectivity index (χ1v) is 7.55. The molecule has 0 saturated carbocycles. The third-order valence-corrected chi connectivity index (χ3v) is 3.94. The number of hydrogen-bond acceptors (Lipinski definition) is 1. The Morgan fingerprint density at radius 2 is 1.35 bits per heavy atom. The molecule has 1 heteroatoms. The SMILES string of the molecule is CCC(C)c1ccc(-c2ccc(CC(C)N)cc2)cc1. The predicted octanol–water partition coefficient (Wildman–Crippen LogP) is 4.76. The van der Waals surface area contributed by atoms with Crippen molar-refractivity contribution < 1.29 is 0 Å². The van der Waals surface area contributed by atoms with Crippen LogP contribution in [0.4, 0.5) is 0 Å². The Morgan fingerprint density at radius 1 is 0.850 bits per heavy atom. The van der Waals surface area contributed by atoms with Gasteiger partial charge >= 0.3 is 0 Å². The smallest absolute Gasteiger partial charge is 0.00509 e. The second kappa shape index (κ2) is 6.71. The van der Waals surface area contributed by atoms with Crippen molar-refractivity contribution in [1.29, 1.82) is 0 Å². The van der Waals surface area contributed by atoms with Crippen molar-refractivity contribution in [2.45, 2.75) is 45.6 Å². The minimum absolute atomic E-state index is 0.218. The van der Waals surface area contributed by atoms with Crippen molar-refractivity contribution in [3.63, 3.8) is 0 Å². The van der Waals surface area contributed by atoms with Crippen LogP contribution in [-0.2, 0) is 6.42 Å². The lowest BCUT2D eigenvalue weighted by molar-refractivity contribution is 0.734. The molecule has 0 heterocycles. The summed E-state index contributed by atoms with van der Waals surface area (Å²) in [4.78, 5) is 0. The fourth-order valence-electron chi connectivity index (χ4n) is 2.44. The molecule has 20 heavy (non-hydrogen) atoms. The minimum Gasteiger partial charge on any atom is -0.328 e. The van der Waals surface area contributed by atoms with Crippen LogP contribution in [0, 0.1) is 0 Å². The standard InChI is InChI=1S/C19H25N/c1-4-14(2)17-9-11-19(12-10-17)18-7-5-16(6-8-18)13-15(3)20/h5-12,14-15H,4,13,20H2,1-3H3. The van der Waals surface area contributed by atoms with Gasteiger partial charge in [0.15, 0.2) is 0 Å². The molecule has 1 nitrogen and oxygen atoms in total. The molecule has 2 aromatic carbocycles. The van der Waals surface area contributed by atoms with Crippen molar-refractivity contribution in [2.24, 2.45) is 5.73 Å². The lowest BCUT2D eigenvalue weighted by Crippen LogP contribution is -2.17. The molecule has 2 unspecified atom stereocenters. The Bertz CT molecular complexity index is 523. The van der Waals surface area contributed by atoms with E-state index in [1.807, 2.05) is 6.92 Å². The van der Waals surface area contributed by atoms with E-state index in [-0.39, 0.29) is 6.04 Å². The summed E-state index contributed by atoms with van der Waals surface area (Å²) in [5.74, 6) is 0.637. The Kier molecular flexibility index (Phi) is 4.97. The van der Waals surface area contributed by atoms with E-state index in [9.17, 15) is 0 Å². The van der Waals surface area contributed by atoms with Crippen molar-refractivity contribution in [2.75, 3.05) is 0 Å². The van der Waals surface area contributed by atoms with Crippen LogP contribution in [-0.4, -0.2) is 6.04 Å². The van der Waals surface area contributed by atoms with Gasteiger partial charge in [0.25, 0.3) is 0 Å². The van der Waals surface area contributed by atoms with Crippen LogP contribution < -0.4 is 5.73 Å². The van der Waals surface area contributed by atoms with Crippen LogP contribution in [0.15, 0.2) is 48.5 Å². The number of hydrogen-bond donors (Lipinski definition) is 1. The molecule has 2 aromatic rings. The predicted molar refractivity (Wildman–Crippen MR) is 87.9 cm³/mol. The molecule has 2 N–H and O–H groups in total. The van der Waals surface area contributed by atoms with E-state index in [4.69, 9.17) is 5.73 Å². The molecule has 2 atom stereocenters. The van der Waals surface area contributed by atoms with E-state index in [0.29, 0.717) is 5.92 Å². The van der Waals surface area contributed by atoms with Gasteiger partial charge in [-0.05, 0) is 47.9 Å². The van der Waals surface area contributed by atoms with E-state index in [1.54, 1.807) is 0 Å². The third-order valence-electron chi connectivity index (χ3n) is 3.94. The van der Waals surface area contributed by atoms with Gasteiger partial charge in [0.2, 0.25) is 0 Å². The summed E-state index contributed by atoms with van der Waals surface area (Å²) in [7, 11) is 0. The second-order valence-electron chi connectivity index (χ2n) is 5.81. The van der Waals surface area contributed by atoms with Gasteiger partial charge in [-0.25, -0.2) is 0 Å². The Balaban J connectivity index is 2.15. The molecule has 0 saturated heterocycles. The van der Waals surface area contributed by atoms with Crippen LogP contribution in [0.3, 0.4) is 0 Å². The minimum atomic E-state index is 0.218. The summed E-state index contributed by atoms with van der Waals surface area (Å²) in [6.07, 6.45) is 2.12. The average molecular weight is 267 g/mol. The summed E-state index contributed by atoms with van der Waals surface area (Å²) in [5, 5.41) is 0. The van der Waals surface area contributed by atoms with Crippen LogP contribution >= 0.6 is 0 Å². The molecule has 0 aromatic heterocycles. The molecule has 0 spiro atoms. The van der Waals surface area contributed by atoms with Crippen LogP contribution in [0.5, 0.6) is 0 Å². The first kappa shape index (κ1) is 14.8. The fraction of sp³-hybridized carbons (Fsp3) is 0.368. The second-order valence-corrected chi connectivity index (χ2v) is 5.81. The maximum Gasteiger partial charge on any atom is 0.00509 e. The molecule has 0 radical (unpaired) electrons. The molecular formula is C19H25N. The summed E-state index contributed by atoms with van der Waals surface area (Å²) < 4.78 is 0. The van der Waals surface area contributed by atoms with Gasteiger partial charge in [0.1, 0.15) is 0 Å². The average Bonchev–Trinajstić information content (AvgIpc) is 2.47. The maximum absolute atomic E-state index is 5.83. The van der Waals surface area contributed by atoms with E-state index in [2.05, 4.69) is 62.4 Å². The maximum atomic E-state index is 5.83. The topological polar surface area (TPSA) is 26.0 Å². The molecule has 0 aliphatic heterocycles. The summed E-state index contributed by atoms with van der Waals surface area (Å²) in [5.41, 5.74) is 11.1. The van der Waals surface area contributed by atoms with E-state index in [1.165, 1.54) is 28.7 Å². The van der Waals surface area contributed by atoms with Gasteiger partial charge in [-0.2, -0.15) is 0 Å². The van der Waals surface area contributed by atoms with E-state index in [0.717, 1.165) is 6.42 Å². The molecular weight excluding hydrogens is 242 g/mol. The Labute approximate surface area is 122 Å². The molecule has 0 bridgehead atoms. The summed E-state index contributed by atoms with van der Waals surface area (Å²) in [6, 6.07) is 17.9. The molecule has 106 valence electrons. The summed E-state index contributed by atoms with van der Waals surface area (Å²) in [6.45, 7) is 6.55. The van der Waals surface area contributed by atoms with Gasteiger partial charge < -0.3 is 5.73 Å². The normalized spacial score (nSPS) is 14.0. The number of nitrogens with two attached hydrogens (primary N) is 1. The Morgan fingerprint density at radius 3 is 1.80 bits per heavy atom. The monoisotopic (exact) mass is 267 g/mol. The molecule has 0 amide bonds. The van der Waals surface area contributed by atoms with Gasteiger partial charge in [0.05, 0.1) is 0 Å². The fourth-order valence-corrected chi connectivity index (χ4v) is 2.44. The zero-order valence-corrected chi connectivity index (χ0v) is 12.8. The summed E-state index contributed by atoms with van der Waals surface area (Å²) >= 11 is 0. The zero-order valence-electron chi connectivity index (χ0n) is 12.8. The van der Waals surface area contributed by atoms with Gasteiger partial charge in [-0.3, -0.25) is 0 Å². The van der Waals surface area contributed by atoms with Gasteiger partial charge in [0, 0.05) is 6.04 Å². The van der Waals surface area contributed by atoms with Crippen molar-refractivity contribution in [1.82, 2.24) is 0 Å². The molecule has 0 aliphatic rings. The largest absolute Gasteiger partial charge is 0.328 e. The lowest BCUT2D eigenvalue weighted by Gasteiger charge is -2.10. The van der Waals surface area contributed by atoms with Crippen LogP contribution in [0.2, 0.25) is 0 Å². The zero-order chi connectivity index (χ0) is 14.5.